The zero-order valence-electron chi connectivity index (χ0n) is 16.8. The number of aromatic nitrogens is 1. The van der Waals surface area contributed by atoms with Gasteiger partial charge in [0.15, 0.2) is 6.61 Å². The standard InChI is InChI=1S/C24H25NO5/c1-17(23(26)12-7-18-4-3-13-25-15-18)30-21-10-8-19(9-11-21)20-5-2-6-22(14-20)29-16-24(27)28/h2-6,8-11,13-15,17,23,26H,7,12,16H2,1H3,(H,27,28). The van der Waals surface area contributed by atoms with Crippen molar-refractivity contribution in [3.8, 4) is 22.6 Å². The molecule has 3 aromatic rings. The molecule has 0 bridgehead atoms. The Morgan fingerprint density at radius 1 is 1.03 bits per heavy atom. The van der Waals surface area contributed by atoms with Crippen LogP contribution in [0.2, 0.25) is 0 Å². The predicted molar refractivity (Wildman–Crippen MR) is 114 cm³/mol. The van der Waals surface area contributed by atoms with E-state index in [1.807, 2.05) is 55.5 Å². The van der Waals surface area contributed by atoms with Crippen LogP contribution >= 0.6 is 0 Å². The minimum Gasteiger partial charge on any atom is -0.488 e. The number of carbonyl (C=O) groups is 1. The van der Waals surface area contributed by atoms with Gasteiger partial charge in [-0.25, -0.2) is 4.79 Å². The van der Waals surface area contributed by atoms with E-state index in [0.717, 1.165) is 23.1 Å². The summed E-state index contributed by atoms with van der Waals surface area (Å²) in [6.45, 7) is 1.47. The van der Waals surface area contributed by atoms with Crippen molar-refractivity contribution in [3.05, 3.63) is 78.6 Å². The average molecular weight is 407 g/mol. The molecule has 0 spiro atoms. The second-order valence-electron chi connectivity index (χ2n) is 7.02. The molecule has 156 valence electrons. The van der Waals surface area contributed by atoms with Crippen molar-refractivity contribution in [1.29, 1.82) is 0 Å². The molecule has 2 unspecified atom stereocenters. The van der Waals surface area contributed by atoms with Crippen molar-refractivity contribution >= 4 is 5.97 Å². The second-order valence-corrected chi connectivity index (χ2v) is 7.02. The highest BCUT2D eigenvalue weighted by atomic mass is 16.5. The number of hydrogen-bond acceptors (Lipinski definition) is 5. The Hall–Kier alpha value is -3.38. The van der Waals surface area contributed by atoms with Crippen LogP contribution in [0.4, 0.5) is 0 Å². The van der Waals surface area contributed by atoms with Crippen LogP contribution in [0.15, 0.2) is 73.1 Å². The van der Waals surface area contributed by atoms with Crippen LogP contribution < -0.4 is 9.47 Å². The van der Waals surface area contributed by atoms with Crippen LogP contribution in [0.1, 0.15) is 18.9 Å². The van der Waals surface area contributed by atoms with E-state index < -0.39 is 12.1 Å². The smallest absolute Gasteiger partial charge is 0.341 e. The van der Waals surface area contributed by atoms with Crippen molar-refractivity contribution in [2.24, 2.45) is 0 Å². The fourth-order valence-corrected chi connectivity index (χ4v) is 3.02. The Kier molecular flexibility index (Phi) is 7.40. The molecule has 2 N–H and O–H groups in total. The molecule has 0 saturated carbocycles. The zero-order chi connectivity index (χ0) is 21.3. The number of nitrogens with zero attached hydrogens (tertiary/aromatic N) is 1. The molecule has 6 heteroatoms. The summed E-state index contributed by atoms with van der Waals surface area (Å²) in [6, 6.07) is 18.7. The van der Waals surface area contributed by atoms with Gasteiger partial charge in [0.2, 0.25) is 0 Å². The molecular weight excluding hydrogens is 382 g/mol. The highest BCUT2D eigenvalue weighted by Gasteiger charge is 2.16. The summed E-state index contributed by atoms with van der Waals surface area (Å²) in [5, 5.41) is 19.1. The van der Waals surface area contributed by atoms with Gasteiger partial charge < -0.3 is 19.7 Å². The molecule has 0 amide bonds. The van der Waals surface area contributed by atoms with Gasteiger partial charge in [-0.15, -0.1) is 0 Å². The highest BCUT2D eigenvalue weighted by Crippen LogP contribution is 2.26. The molecule has 1 heterocycles. The van der Waals surface area contributed by atoms with E-state index in [4.69, 9.17) is 14.6 Å². The molecule has 0 aliphatic heterocycles. The van der Waals surface area contributed by atoms with Crippen molar-refractivity contribution in [2.75, 3.05) is 6.61 Å². The number of rotatable bonds is 10. The number of aliphatic hydroxyl groups is 1. The molecule has 30 heavy (non-hydrogen) atoms. The lowest BCUT2D eigenvalue weighted by Crippen LogP contribution is -2.29. The Bertz CT molecular complexity index is 943. The normalized spacial score (nSPS) is 12.7. The number of ether oxygens (including phenoxy) is 2. The van der Waals surface area contributed by atoms with Crippen LogP contribution in [-0.4, -0.2) is 40.0 Å². The van der Waals surface area contributed by atoms with Gasteiger partial charge in [0.05, 0.1) is 6.10 Å². The lowest BCUT2D eigenvalue weighted by molar-refractivity contribution is -0.139. The van der Waals surface area contributed by atoms with Crippen LogP contribution in [-0.2, 0) is 11.2 Å². The molecule has 0 radical (unpaired) electrons. The zero-order valence-corrected chi connectivity index (χ0v) is 16.8. The number of hydrogen-bond donors (Lipinski definition) is 2. The number of aliphatic carboxylic acids is 1. The first-order chi connectivity index (χ1) is 14.5. The molecule has 3 rings (SSSR count). The van der Waals surface area contributed by atoms with E-state index >= 15 is 0 Å². The third-order valence-corrected chi connectivity index (χ3v) is 4.70. The maximum atomic E-state index is 10.7. The highest BCUT2D eigenvalue weighted by molar-refractivity contribution is 5.69. The Balaban J connectivity index is 1.56. The van der Waals surface area contributed by atoms with Gasteiger partial charge >= 0.3 is 5.97 Å². The quantitative estimate of drug-likeness (QED) is 0.529. The van der Waals surface area contributed by atoms with Gasteiger partial charge in [-0.1, -0.05) is 30.3 Å². The SMILES string of the molecule is CC(Oc1ccc(-c2cccc(OCC(=O)O)c2)cc1)C(O)CCc1cccnc1. The van der Waals surface area contributed by atoms with Gasteiger partial charge in [-0.2, -0.15) is 0 Å². The molecule has 0 saturated heterocycles. The van der Waals surface area contributed by atoms with Crippen LogP contribution in [0, 0.1) is 0 Å². The van der Waals surface area contributed by atoms with Crippen LogP contribution in [0.3, 0.4) is 0 Å². The third kappa shape index (κ3) is 6.32. The lowest BCUT2D eigenvalue weighted by atomic mass is 10.0. The minimum atomic E-state index is -1.02. The van der Waals surface area contributed by atoms with Crippen molar-refractivity contribution < 1.29 is 24.5 Å². The van der Waals surface area contributed by atoms with Gasteiger partial charge in [0, 0.05) is 12.4 Å². The number of pyridine rings is 1. The van der Waals surface area contributed by atoms with E-state index in [1.165, 1.54) is 0 Å². The van der Waals surface area contributed by atoms with Crippen molar-refractivity contribution in [2.45, 2.75) is 32.0 Å². The fourth-order valence-electron chi connectivity index (χ4n) is 3.02. The predicted octanol–water partition coefficient (Wildman–Crippen LogP) is 3.97. The number of aliphatic hydroxyl groups excluding tert-OH is 1. The summed E-state index contributed by atoms with van der Waals surface area (Å²) in [7, 11) is 0. The average Bonchev–Trinajstić information content (AvgIpc) is 2.77. The molecule has 1 aromatic heterocycles. The first-order valence-corrected chi connectivity index (χ1v) is 9.80. The summed E-state index contributed by atoms with van der Waals surface area (Å²) in [6.07, 6.45) is 3.93. The Morgan fingerprint density at radius 3 is 2.53 bits per heavy atom. The maximum Gasteiger partial charge on any atom is 0.341 e. The first-order valence-electron chi connectivity index (χ1n) is 9.80. The molecule has 0 fully saturated rings. The molecule has 0 aliphatic carbocycles. The Morgan fingerprint density at radius 2 is 1.83 bits per heavy atom. The van der Waals surface area contributed by atoms with E-state index in [2.05, 4.69) is 4.98 Å². The van der Waals surface area contributed by atoms with Crippen LogP contribution in [0.5, 0.6) is 11.5 Å². The number of carboxylic acids is 1. The van der Waals surface area contributed by atoms with Crippen molar-refractivity contribution in [1.82, 2.24) is 4.98 Å². The fraction of sp³-hybridized carbons (Fsp3) is 0.250. The number of aryl methyl sites for hydroxylation is 1. The van der Waals surface area contributed by atoms with Gasteiger partial charge in [-0.3, -0.25) is 4.98 Å². The molecule has 2 atom stereocenters. The van der Waals surface area contributed by atoms with Crippen molar-refractivity contribution in [3.63, 3.8) is 0 Å². The first kappa shape index (κ1) is 21.3. The van der Waals surface area contributed by atoms with Gasteiger partial charge in [0.1, 0.15) is 17.6 Å². The molecule has 0 aliphatic rings. The summed E-state index contributed by atoms with van der Waals surface area (Å²) in [4.78, 5) is 14.7. The molecule has 2 aromatic carbocycles. The minimum absolute atomic E-state index is 0.347. The summed E-state index contributed by atoms with van der Waals surface area (Å²) in [5.41, 5.74) is 2.95. The topological polar surface area (TPSA) is 88.9 Å². The largest absolute Gasteiger partial charge is 0.488 e. The second kappa shape index (κ2) is 10.4. The maximum absolute atomic E-state index is 10.7. The summed E-state index contributed by atoms with van der Waals surface area (Å²) < 4.78 is 11.1. The lowest BCUT2D eigenvalue weighted by Gasteiger charge is -2.20. The summed E-state index contributed by atoms with van der Waals surface area (Å²) >= 11 is 0. The summed E-state index contributed by atoms with van der Waals surface area (Å²) in [5.74, 6) is 0.157. The number of benzene rings is 2. The van der Waals surface area contributed by atoms with Gasteiger partial charge in [-0.05, 0) is 66.8 Å². The van der Waals surface area contributed by atoms with Gasteiger partial charge in [0.25, 0.3) is 0 Å². The molecular formula is C24H25NO5. The van der Waals surface area contributed by atoms with E-state index in [1.54, 1.807) is 24.5 Å². The van der Waals surface area contributed by atoms with E-state index in [0.29, 0.717) is 17.9 Å². The molecule has 6 nitrogen and oxygen atoms in total. The monoisotopic (exact) mass is 407 g/mol. The number of carboxylic acid groups (broad SMARTS) is 1. The van der Waals surface area contributed by atoms with Crippen LogP contribution in [0.25, 0.3) is 11.1 Å². The van der Waals surface area contributed by atoms with E-state index in [9.17, 15) is 9.90 Å². The van der Waals surface area contributed by atoms with E-state index in [-0.39, 0.29) is 12.7 Å². The third-order valence-electron chi connectivity index (χ3n) is 4.70. The Labute approximate surface area is 175 Å².